The lowest BCUT2D eigenvalue weighted by atomic mass is 10.3. The van der Waals surface area contributed by atoms with Gasteiger partial charge in [-0.3, -0.25) is 4.55 Å². The minimum atomic E-state index is -4.61. The second-order valence-electron chi connectivity index (χ2n) is 2.28. The lowest BCUT2D eigenvalue weighted by Crippen LogP contribution is -2.08. The molecule has 0 unspecified atom stereocenters. The maximum absolute atomic E-state index is 10.4. The van der Waals surface area contributed by atoms with Crippen LogP contribution in [0.25, 0.3) is 0 Å². The SMILES string of the molecule is Nc1c(OS(=O)(=O)O)ccc(Cl)c1Cl. The maximum atomic E-state index is 10.4. The van der Waals surface area contributed by atoms with Crippen LogP contribution in [0.5, 0.6) is 5.75 Å². The van der Waals surface area contributed by atoms with Crippen LogP contribution in [-0.4, -0.2) is 13.0 Å². The van der Waals surface area contributed by atoms with Crippen molar-refractivity contribution in [3.8, 4) is 5.75 Å². The molecule has 0 fully saturated rings. The third-order valence-electron chi connectivity index (χ3n) is 1.29. The summed E-state index contributed by atoms with van der Waals surface area (Å²) in [5.74, 6) is -0.276. The zero-order valence-electron chi connectivity index (χ0n) is 6.57. The van der Waals surface area contributed by atoms with Crippen molar-refractivity contribution in [3.63, 3.8) is 0 Å². The van der Waals surface area contributed by atoms with E-state index in [2.05, 4.69) is 4.18 Å². The summed E-state index contributed by atoms with van der Waals surface area (Å²) in [5.41, 5.74) is 5.22. The number of halogens is 2. The molecule has 8 heteroatoms. The molecule has 0 heterocycles. The predicted octanol–water partition coefficient (Wildman–Crippen LogP) is 1.76. The average Bonchev–Trinajstić information content (AvgIpc) is 2.04. The van der Waals surface area contributed by atoms with E-state index in [9.17, 15) is 8.42 Å². The standard InChI is InChI=1S/C6H5Cl2NO4S/c7-3-1-2-4(6(9)5(3)8)13-14(10,11)12/h1-2H,9H2,(H,10,11,12). The highest BCUT2D eigenvalue weighted by Gasteiger charge is 2.13. The minimum Gasteiger partial charge on any atom is -0.394 e. The Morgan fingerprint density at radius 1 is 1.36 bits per heavy atom. The number of anilines is 1. The molecule has 0 spiro atoms. The van der Waals surface area contributed by atoms with Gasteiger partial charge in [-0.2, -0.15) is 8.42 Å². The molecule has 0 saturated heterocycles. The van der Waals surface area contributed by atoms with Gasteiger partial charge in [0.2, 0.25) is 0 Å². The van der Waals surface area contributed by atoms with Gasteiger partial charge < -0.3 is 9.92 Å². The first-order chi connectivity index (χ1) is 6.31. The van der Waals surface area contributed by atoms with Crippen molar-refractivity contribution in [2.45, 2.75) is 0 Å². The monoisotopic (exact) mass is 257 g/mol. The molecule has 0 bridgehead atoms. The lowest BCUT2D eigenvalue weighted by Gasteiger charge is -2.06. The smallest absolute Gasteiger partial charge is 0.394 e. The van der Waals surface area contributed by atoms with Crippen molar-refractivity contribution >= 4 is 39.3 Å². The molecule has 14 heavy (non-hydrogen) atoms. The van der Waals surface area contributed by atoms with Gasteiger partial charge in [0, 0.05) is 0 Å². The van der Waals surface area contributed by atoms with Gasteiger partial charge in [-0.15, -0.1) is 0 Å². The number of hydrogen-bond donors (Lipinski definition) is 2. The van der Waals surface area contributed by atoms with Crippen molar-refractivity contribution in [3.05, 3.63) is 22.2 Å². The summed E-state index contributed by atoms with van der Waals surface area (Å²) in [6, 6.07) is 2.47. The summed E-state index contributed by atoms with van der Waals surface area (Å²) in [7, 11) is -4.61. The van der Waals surface area contributed by atoms with E-state index in [1.807, 2.05) is 0 Å². The summed E-state index contributed by atoms with van der Waals surface area (Å²) < 4.78 is 33.2. The van der Waals surface area contributed by atoms with Crippen LogP contribution < -0.4 is 9.92 Å². The van der Waals surface area contributed by atoms with Crippen molar-refractivity contribution in [2.24, 2.45) is 0 Å². The fourth-order valence-electron chi connectivity index (χ4n) is 0.735. The van der Waals surface area contributed by atoms with E-state index in [0.29, 0.717) is 0 Å². The molecule has 0 atom stereocenters. The number of nitrogens with two attached hydrogens (primary N) is 1. The number of benzene rings is 1. The molecule has 0 aromatic heterocycles. The zero-order chi connectivity index (χ0) is 10.9. The van der Waals surface area contributed by atoms with Gasteiger partial charge in [0.1, 0.15) is 0 Å². The molecular weight excluding hydrogens is 253 g/mol. The molecule has 3 N–H and O–H groups in total. The summed E-state index contributed by atoms with van der Waals surface area (Å²) >= 11 is 11.2. The molecule has 0 aliphatic rings. The zero-order valence-corrected chi connectivity index (χ0v) is 8.90. The Kier molecular flexibility index (Phi) is 3.10. The van der Waals surface area contributed by atoms with Crippen LogP contribution in [0.4, 0.5) is 5.69 Å². The highest BCUT2D eigenvalue weighted by molar-refractivity contribution is 7.81. The van der Waals surface area contributed by atoms with E-state index >= 15 is 0 Å². The normalized spacial score (nSPS) is 11.4. The van der Waals surface area contributed by atoms with Gasteiger partial charge in [-0.1, -0.05) is 23.2 Å². The Bertz CT molecular complexity index is 459. The van der Waals surface area contributed by atoms with Crippen LogP contribution in [0.2, 0.25) is 10.0 Å². The molecule has 0 aliphatic heterocycles. The Hall–Kier alpha value is -0.690. The van der Waals surface area contributed by atoms with Crippen molar-refractivity contribution in [2.75, 3.05) is 5.73 Å². The molecule has 0 amide bonds. The molecule has 1 aromatic carbocycles. The first-order valence-electron chi connectivity index (χ1n) is 3.21. The van der Waals surface area contributed by atoms with Gasteiger partial charge in [-0.25, -0.2) is 0 Å². The summed E-state index contributed by atoms with van der Waals surface area (Å²) in [6.45, 7) is 0. The quantitative estimate of drug-likeness (QED) is 0.623. The first kappa shape index (κ1) is 11.4. The van der Waals surface area contributed by atoms with E-state index in [1.165, 1.54) is 12.1 Å². The number of nitrogen functional groups attached to an aromatic ring is 1. The van der Waals surface area contributed by atoms with Crippen molar-refractivity contribution < 1.29 is 17.2 Å². The van der Waals surface area contributed by atoms with Crippen LogP contribution in [0.15, 0.2) is 12.1 Å². The van der Waals surface area contributed by atoms with Gasteiger partial charge in [0.15, 0.2) is 5.75 Å². The van der Waals surface area contributed by atoms with Crippen LogP contribution in [0, 0.1) is 0 Å². The van der Waals surface area contributed by atoms with E-state index in [4.69, 9.17) is 33.5 Å². The summed E-state index contributed by atoms with van der Waals surface area (Å²) in [5, 5.41) is 0.125. The second kappa shape index (κ2) is 3.82. The Balaban J connectivity index is 3.19. The van der Waals surface area contributed by atoms with Crippen molar-refractivity contribution in [1.29, 1.82) is 0 Å². The molecule has 1 aromatic rings. The second-order valence-corrected chi connectivity index (χ2v) is 4.09. The van der Waals surface area contributed by atoms with E-state index < -0.39 is 10.4 Å². The molecule has 0 aliphatic carbocycles. The van der Waals surface area contributed by atoms with Crippen LogP contribution in [0.1, 0.15) is 0 Å². The fourth-order valence-corrected chi connectivity index (χ4v) is 1.43. The Morgan fingerprint density at radius 2 is 1.93 bits per heavy atom. The van der Waals surface area contributed by atoms with Gasteiger partial charge >= 0.3 is 10.4 Å². The van der Waals surface area contributed by atoms with Gasteiger partial charge in [-0.05, 0) is 12.1 Å². The minimum absolute atomic E-state index is 0.0344. The summed E-state index contributed by atoms with van der Waals surface area (Å²) in [6.07, 6.45) is 0. The van der Waals surface area contributed by atoms with E-state index in [1.54, 1.807) is 0 Å². The highest BCUT2D eigenvalue weighted by Crippen LogP contribution is 2.35. The molecule has 1 rings (SSSR count). The fraction of sp³-hybridized carbons (Fsp3) is 0. The first-order valence-corrected chi connectivity index (χ1v) is 5.34. The number of rotatable bonds is 2. The molecule has 78 valence electrons. The Morgan fingerprint density at radius 3 is 2.43 bits per heavy atom. The van der Waals surface area contributed by atoms with E-state index in [0.717, 1.165) is 0 Å². The molecular formula is C6H5Cl2NO4S. The van der Waals surface area contributed by atoms with Crippen LogP contribution >= 0.6 is 23.2 Å². The molecule has 0 radical (unpaired) electrons. The summed E-state index contributed by atoms with van der Waals surface area (Å²) in [4.78, 5) is 0. The third-order valence-corrected chi connectivity index (χ3v) is 2.50. The highest BCUT2D eigenvalue weighted by atomic mass is 35.5. The van der Waals surface area contributed by atoms with Gasteiger partial charge in [0.25, 0.3) is 0 Å². The van der Waals surface area contributed by atoms with Crippen LogP contribution in [-0.2, 0) is 10.4 Å². The average molecular weight is 258 g/mol. The Labute approximate surface area is 90.3 Å². The van der Waals surface area contributed by atoms with E-state index in [-0.39, 0.29) is 21.5 Å². The molecule has 5 nitrogen and oxygen atoms in total. The number of hydrogen-bond acceptors (Lipinski definition) is 4. The van der Waals surface area contributed by atoms with Crippen molar-refractivity contribution in [1.82, 2.24) is 0 Å². The topological polar surface area (TPSA) is 89.6 Å². The largest absolute Gasteiger partial charge is 0.446 e. The predicted molar refractivity (Wildman–Crippen MR) is 53.1 cm³/mol. The third kappa shape index (κ3) is 2.65. The lowest BCUT2D eigenvalue weighted by molar-refractivity contribution is 0.387. The maximum Gasteiger partial charge on any atom is 0.446 e. The van der Waals surface area contributed by atoms with Crippen LogP contribution in [0.3, 0.4) is 0 Å². The van der Waals surface area contributed by atoms with Gasteiger partial charge in [0.05, 0.1) is 15.7 Å². The molecule has 0 saturated carbocycles.